The molecule has 0 heterocycles. The largest absolute Gasteiger partial charge is 0.497 e. The molecular weight excluding hydrogens is 488 g/mol. The van der Waals surface area contributed by atoms with Gasteiger partial charge in [-0.15, -0.1) is 0 Å². The average molecular weight is 520 g/mol. The highest BCUT2D eigenvalue weighted by atomic mass is 31.2. The highest BCUT2D eigenvalue weighted by Gasteiger charge is 2.27. The van der Waals surface area contributed by atoms with Gasteiger partial charge in [-0.3, -0.25) is 4.74 Å². The summed E-state index contributed by atoms with van der Waals surface area (Å²) in [5, 5.41) is 5.45. The Morgan fingerprint density at radius 3 is 1.43 bits per heavy atom. The molecule has 5 aromatic rings. The first-order chi connectivity index (χ1) is 18.3. The van der Waals surface area contributed by atoms with Crippen molar-refractivity contribution in [2.24, 2.45) is 4.74 Å². The molecule has 5 rings (SSSR count). The lowest BCUT2D eigenvalue weighted by Gasteiger charge is -2.29. The summed E-state index contributed by atoms with van der Waals surface area (Å²) in [4.78, 5) is 0. The lowest BCUT2D eigenvalue weighted by atomic mass is 10.3. The van der Waals surface area contributed by atoms with Gasteiger partial charge in [-0.25, -0.2) is 0 Å². The zero-order valence-electron chi connectivity index (χ0n) is 21.0. The van der Waals surface area contributed by atoms with Gasteiger partial charge >= 0.3 is 0 Å². The first-order valence-electron chi connectivity index (χ1n) is 12.5. The second-order valence-corrected chi connectivity index (χ2v) is 14.3. The van der Waals surface area contributed by atoms with E-state index in [-0.39, 0.29) is 0 Å². The lowest BCUT2D eigenvalue weighted by Crippen LogP contribution is -2.23. The van der Waals surface area contributed by atoms with E-state index < -0.39 is 15.0 Å². The molecule has 0 bridgehead atoms. The Labute approximate surface area is 221 Å². The van der Waals surface area contributed by atoms with Crippen LogP contribution in [-0.2, 0) is 0 Å². The van der Waals surface area contributed by atoms with Crippen molar-refractivity contribution >= 4 is 41.9 Å². The van der Waals surface area contributed by atoms with Gasteiger partial charge in [-0.2, -0.15) is 0 Å². The van der Waals surface area contributed by atoms with E-state index in [1.165, 1.54) is 21.2 Å². The summed E-state index contributed by atoms with van der Waals surface area (Å²) in [5.74, 6) is 0.846. The van der Waals surface area contributed by atoms with E-state index in [9.17, 15) is 0 Å². The number of methoxy groups -OCH3 is 1. The molecule has 0 aromatic heterocycles. The highest BCUT2D eigenvalue weighted by molar-refractivity contribution is 7.82. The molecule has 5 aromatic carbocycles. The summed E-state index contributed by atoms with van der Waals surface area (Å²) in [7, 11) is -0.970. The maximum atomic E-state index is 5.63. The van der Waals surface area contributed by atoms with Gasteiger partial charge in [0.1, 0.15) is 5.75 Å². The van der Waals surface area contributed by atoms with Crippen LogP contribution in [0.1, 0.15) is 0 Å². The van der Waals surface area contributed by atoms with Gasteiger partial charge in [0.15, 0.2) is 0 Å². The van der Waals surface area contributed by atoms with E-state index in [4.69, 9.17) is 9.48 Å². The fourth-order valence-corrected chi connectivity index (χ4v) is 11.5. The minimum absolute atomic E-state index is 0.531. The van der Waals surface area contributed by atoms with Crippen LogP contribution in [0.4, 0.5) is 5.69 Å². The van der Waals surface area contributed by atoms with Gasteiger partial charge in [0, 0.05) is 7.05 Å². The van der Waals surface area contributed by atoms with Crippen molar-refractivity contribution in [3.05, 3.63) is 146 Å². The predicted molar refractivity (Wildman–Crippen MR) is 163 cm³/mol. The van der Waals surface area contributed by atoms with Crippen LogP contribution >= 0.6 is 15.0 Å². The standard InChI is InChI=1S/C33H31NOP2/c1-35-29-24-22-28(23-25-29)34-37(32-18-10-4-11-19-32,33-20-12-5-13-21-33)27-26-36(30-14-6-2-7-15-30)31-16-8-3-9-17-31/h2-25H,26-27H2,1H3. The molecule has 37 heavy (non-hydrogen) atoms. The first-order valence-corrected chi connectivity index (χ1v) is 16.0. The number of benzene rings is 5. The molecular formula is C33H31NOP2. The summed E-state index contributed by atoms with van der Waals surface area (Å²) >= 11 is 0. The van der Waals surface area contributed by atoms with Crippen LogP contribution in [0.25, 0.3) is 0 Å². The number of rotatable bonds is 9. The van der Waals surface area contributed by atoms with Gasteiger partial charge in [0.2, 0.25) is 0 Å². The minimum Gasteiger partial charge on any atom is -0.497 e. The predicted octanol–water partition coefficient (Wildman–Crippen LogP) is 7.31. The molecule has 0 radical (unpaired) electrons. The van der Waals surface area contributed by atoms with Crippen molar-refractivity contribution in [2.45, 2.75) is 0 Å². The minimum atomic E-state index is -2.14. The number of hydrogen-bond donors (Lipinski definition) is 0. The summed E-state index contributed by atoms with van der Waals surface area (Å²) in [6.07, 6.45) is 2.04. The number of ether oxygens (including phenoxy) is 1. The van der Waals surface area contributed by atoms with Gasteiger partial charge in [0.25, 0.3) is 0 Å². The average Bonchev–Trinajstić information content (AvgIpc) is 2.99. The van der Waals surface area contributed by atoms with E-state index in [0.29, 0.717) is 0 Å². The van der Waals surface area contributed by atoms with Crippen LogP contribution in [0.3, 0.4) is 0 Å². The van der Waals surface area contributed by atoms with Gasteiger partial charge in [-0.05, 0) is 65.7 Å². The van der Waals surface area contributed by atoms with E-state index in [1.54, 1.807) is 7.11 Å². The fraction of sp³-hybridized carbons (Fsp3) is 0.0909. The van der Waals surface area contributed by atoms with Crippen molar-refractivity contribution < 1.29 is 4.74 Å². The third kappa shape index (κ3) is 5.94. The maximum Gasteiger partial charge on any atom is 0.119 e. The molecule has 0 saturated carbocycles. The van der Waals surface area contributed by atoms with E-state index in [1.807, 2.05) is 12.1 Å². The second-order valence-electron chi connectivity index (χ2n) is 8.78. The molecule has 2 nitrogen and oxygen atoms in total. The van der Waals surface area contributed by atoms with Crippen LogP contribution in [-0.4, -0.2) is 19.4 Å². The molecule has 4 heteroatoms. The Balaban J connectivity index is 1.66. The Kier molecular flexibility index (Phi) is 8.32. The molecule has 0 N–H and O–H groups in total. The third-order valence-electron chi connectivity index (χ3n) is 6.51. The summed E-state index contributed by atoms with van der Waals surface area (Å²) < 4.78 is 11.0. The van der Waals surface area contributed by atoms with Crippen LogP contribution < -0.4 is 26.0 Å². The molecule has 0 aliphatic heterocycles. The smallest absolute Gasteiger partial charge is 0.119 e. The zero-order valence-corrected chi connectivity index (χ0v) is 22.8. The summed E-state index contributed by atoms with van der Waals surface area (Å²) in [5.41, 5.74) is 0.991. The van der Waals surface area contributed by atoms with Crippen LogP contribution in [0.15, 0.2) is 150 Å². The SMILES string of the molecule is COc1ccc(N=P(CCP(c2ccccc2)c2ccccc2)(c2ccccc2)c2ccccc2)cc1. The third-order valence-corrected chi connectivity index (χ3v) is 13.1. The Bertz CT molecular complexity index is 1360. The van der Waals surface area contributed by atoms with Crippen molar-refractivity contribution in [3.8, 4) is 5.75 Å². The van der Waals surface area contributed by atoms with E-state index >= 15 is 0 Å². The molecule has 0 fully saturated rings. The maximum absolute atomic E-state index is 5.63. The van der Waals surface area contributed by atoms with E-state index in [2.05, 4.69) is 133 Å². The Hall–Kier alpha value is -3.44. The molecule has 0 unspecified atom stereocenters. The number of hydrogen-bond acceptors (Lipinski definition) is 2. The van der Waals surface area contributed by atoms with E-state index in [0.717, 1.165) is 23.8 Å². The van der Waals surface area contributed by atoms with Crippen molar-refractivity contribution in [3.63, 3.8) is 0 Å². The van der Waals surface area contributed by atoms with Gasteiger partial charge in [0.05, 0.1) is 12.8 Å². The normalized spacial score (nSPS) is 11.3. The molecule has 0 saturated heterocycles. The zero-order chi connectivity index (χ0) is 25.3. The molecule has 0 aliphatic rings. The van der Waals surface area contributed by atoms with Crippen LogP contribution in [0.2, 0.25) is 0 Å². The molecule has 0 spiro atoms. The number of nitrogens with zero attached hydrogens (tertiary/aromatic N) is 1. The van der Waals surface area contributed by atoms with Crippen molar-refractivity contribution in [1.29, 1.82) is 0 Å². The fourth-order valence-electron chi connectivity index (χ4n) is 4.64. The summed E-state index contributed by atoms with van der Waals surface area (Å²) in [6.45, 7) is 0. The monoisotopic (exact) mass is 519 g/mol. The Morgan fingerprint density at radius 1 is 0.568 bits per heavy atom. The van der Waals surface area contributed by atoms with Gasteiger partial charge in [-0.1, -0.05) is 121 Å². The van der Waals surface area contributed by atoms with Gasteiger partial charge < -0.3 is 4.74 Å². The quantitative estimate of drug-likeness (QED) is 0.187. The topological polar surface area (TPSA) is 21.6 Å². The molecule has 0 amide bonds. The molecule has 0 aliphatic carbocycles. The van der Waals surface area contributed by atoms with Crippen molar-refractivity contribution in [1.82, 2.24) is 0 Å². The van der Waals surface area contributed by atoms with Crippen LogP contribution in [0, 0.1) is 0 Å². The van der Waals surface area contributed by atoms with Crippen molar-refractivity contribution in [2.75, 3.05) is 19.4 Å². The molecule has 184 valence electrons. The second kappa shape index (κ2) is 12.2. The van der Waals surface area contributed by atoms with Crippen LogP contribution in [0.5, 0.6) is 5.75 Å². The highest BCUT2D eigenvalue weighted by Crippen LogP contribution is 2.52. The summed E-state index contributed by atoms with van der Waals surface area (Å²) in [6, 6.07) is 52.0. The Morgan fingerprint density at radius 2 is 1.00 bits per heavy atom. The lowest BCUT2D eigenvalue weighted by molar-refractivity contribution is 0.415. The molecule has 0 atom stereocenters. The first kappa shape index (κ1) is 25.2.